The van der Waals surface area contributed by atoms with Gasteiger partial charge in [-0.05, 0) is 23.8 Å². The third-order valence-corrected chi connectivity index (χ3v) is 5.39. The second kappa shape index (κ2) is 8.87. The van der Waals surface area contributed by atoms with E-state index in [1.165, 1.54) is 6.07 Å². The van der Waals surface area contributed by atoms with Gasteiger partial charge >= 0.3 is 6.18 Å². The van der Waals surface area contributed by atoms with Crippen molar-refractivity contribution < 1.29 is 18.0 Å². The second-order valence-electron chi connectivity index (χ2n) is 6.01. The summed E-state index contributed by atoms with van der Waals surface area (Å²) in [5.74, 6) is 0.173. The number of carbonyl (C=O) groups excluding carboxylic acids is 1. The van der Waals surface area contributed by atoms with Gasteiger partial charge in [0.2, 0.25) is 11.1 Å². The number of amides is 1. The fraction of sp³-hybridized carbons (Fsp3) is 0.211. The van der Waals surface area contributed by atoms with Crippen LogP contribution in [0.25, 0.3) is 0 Å². The number of aromatic amines is 1. The minimum Gasteiger partial charge on any atom is -0.325 e. The number of benzene rings is 2. The van der Waals surface area contributed by atoms with Crippen LogP contribution in [0.5, 0.6) is 0 Å². The Hall–Kier alpha value is -2.52. The number of hydrogen-bond acceptors (Lipinski definition) is 4. The Labute approximate surface area is 174 Å². The summed E-state index contributed by atoms with van der Waals surface area (Å²) in [5, 5.41) is 8.57. The molecule has 29 heavy (non-hydrogen) atoms. The van der Waals surface area contributed by atoms with Crippen molar-refractivity contribution in [3.05, 3.63) is 70.5 Å². The Bertz CT molecular complexity index is 995. The number of rotatable bonds is 6. The lowest BCUT2D eigenvalue weighted by Gasteiger charge is -2.17. The molecule has 2 aromatic carbocycles. The summed E-state index contributed by atoms with van der Waals surface area (Å²) in [7, 11) is 0. The van der Waals surface area contributed by atoms with E-state index in [1.807, 2.05) is 6.92 Å². The molecule has 0 radical (unpaired) electrons. The van der Waals surface area contributed by atoms with Crippen molar-refractivity contribution in [1.82, 2.24) is 15.2 Å². The van der Waals surface area contributed by atoms with Crippen LogP contribution in [0.1, 0.15) is 29.1 Å². The number of aromatic nitrogens is 3. The van der Waals surface area contributed by atoms with Crippen LogP contribution in [0.2, 0.25) is 5.02 Å². The fourth-order valence-electron chi connectivity index (χ4n) is 2.52. The quantitative estimate of drug-likeness (QED) is 0.496. The first-order valence-corrected chi connectivity index (χ1v) is 9.84. The smallest absolute Gasteiger partial charge is 0.325 e. The summed E-state index contributed by atoms with van der Waals surface area (Å²) < 4.78 is 39.3. The lowest BCUT2D eigenvalue weighted by molar-refractivity contribution is -0.137. The highest BCUT2D eigenvalue weighted by molar-refractivity contribution is 8.00. The number of aryl methyl sites for hydroxylation is 1. The van der Waals surface area contributed by atoms with Crippen molar-refractivity contribution in [2.45, 2.75) is 29.9 Å². The number of hydrogen-bond donors (Lipinski definition) is 2. The molecule has 1 unspecified atom stereocenters. The standard InChI is InChI=1S/C19H16ClF3N4OS/c1-2-15-25-18(27-26-15)29-16(11-6-4-3-5-7-11)17(28)24-12-8-9-14(20)13(10-12)19(21,22)23/h3-10,16H,2H2,1H3,(H,24,28)(H,25,26,27). The van der Waals surface area contributed by atoms with Crippen molar-refractivity contribution >= 4 is 35.0 Å². The maximum Gasteiger partial charge on any atom is 0.417 e. The minimum absolute atomic E-state index is 0.00232. The maximum absolute atomic E-state index is 13.1. The highest BCUT2D eigenvalue weighted by Gasteiger charge is 2.34. The largest absolute Gasteiger partial charge is 0.417 e. The number of alkyl halides is 3. The molecular weight excluding hydrogens is 425 g/mol. The van der Waals surface area contributed by atoms with E-state index in [0.717, 1.165) is 23.9 Å². The summed E-state index contributed by atoms with van der Waals surface area (Å²) in [5.41, 5.74) is -0.345. The zero-order valence-corrected chi connectivity index (χ0v) is 16.7. The molecule has 0 fully saturated rings. The molecule has 1 aromatic heterocycles. The SMILES string of the molecule is CCc1nc(SC(C(=O)Nc2ccc(Cl)c(C(F)(F)F)c2)c2ccccc2)n[nH]1. The van der Waals surface area contributed by atoms with Crippen LogP contribution in [0, 0.1) is 0 Å². The van der Waals surface area contributed by atoms with E-state index < -0.39 is 27.9 Å². The Balaban J connectivity index is 1.87. The lowest BCUT2D eigenvalue weighted by atomic mass is 10.1. The summed E-state index contributed by atoms with van der Waals surface area (Å²) in [4.78, 5) is 17.2. The molecule has 5 nitrogen and oxygen atoms in total. The predicted molar refractivity (Wildman–Crippen MR) is 106 cm³/mol. The van der Waals surface area contributed by atoms with Crippen LogP contribution < -0.4 is 5.32 Å². The van der Waals surface area contributed by atoms with Gasteiger partial charge in [0.05, 0.1) is 10.6 Å². The molecule has 1 atom stereocenters. The molecule has 0 saturated heterocycles. The van der Waals surface area contributed by atoms with Gasteiger partial charge in [-0.3, -0.25) is 9.89 Å². The van der Waals surface area contributed by atoms with Gasteiger partial charge in [0, 0.05) is 12.1 Å². The minimum atomic E-state index is -4.62. The zero-order chi connectivity index (χ0) is 21.0. The number of H-pyrrole nitrogens is 1. The topological polar surface area (TPSA) is 70.7 Å². The normalized spacial score (nSPS) is 12.6. The number of halogens is 4. The molecular formula is C19H16ClF3N4OS. The number of anilines is 1. The third kappa shape index (κ3) is 5.30. The molecule has 1 heterocycles. The van der Waals surface area contributed by atoms with E-state index in [-0.39, 0.29) is 5.69 Å². The summed E-state index contributed by atoms with van der Waals surface area (Å²) in [6, 6.07) is 12.1. The molecule has 0 aliphatic carbocycles. The van der Waals surface area contributed by atoms with Crippen molar-refractivity contribution in [3.8, 4) is 0 Å². The highest BCUT2D eigenvalue weighted by Crippen LogP contribution is 2.38. The van der Waals surface area contributed by atoms with Crippen LogP contribution in [0.3, 0.4) is 0 Å². The molecule has 0 spiro atoms. The highest BCUT2D eigenvalue weighted by atomic mass is 35.5. The van der Waals surface area contributed by atoms with E-state index in [1.54, 1.807) is 30.3 Å². The molecule has 0 aliphatic rings. The first kappa shape index (κ1) is 21.2. The summed E-state index contributed by atoms with van der Waals surface area (Å²) in [6.45, 7) is 1.91. The monoisotopic (exact) mass is 440 g/mol. The van der Waals surface area contributed by atoms with E-state index in [0.29, 0.717) is 23.0 Å². The van der Waals surface area contributed by atoms with E-state index in [9.17, 15) is 18.0 Å². The number of nitrogens with zero attached hydrogens (tertiary/aromatic N) is 2. The Morgan fingerprint density at radius 3 is 2.59 bits per heavy atom. The van der Waals surface area contributed by atoms with Crippen molar-refractivity contribution in [2.75, 3.05) is 5.32 Å². The Morgan fingerprint density at radius 1 is 1.24 bits per heavy atom. The Kier molecular flexibility index (Phi) is 6.49. The molecule has 152 valence electrons. The molecule has 2 N–H and O–H groups in total. The predicted octanol–water partition coefficient (Wildman–Crippen LogP) is 5.51. The van der Waals surface area contributed by atoms with Gasteiger partial charge in [-0.25, -0.2) is 4.98 Å². The van der Waals surface area contributed by atoms with Gasteiger partial charge < -0.3 is 5.32 Å². The van der Waals surface area contributed by atoms with Crippen LogP contribution in [0.15, 0.2) is 53.7 Å². The second-order valence-corrected chi connectivity index (χ2v) is 7.49. The first-order valence-electron chi connectivity index (χ1n) is 8.58. The first-order chi connectivity index (χ1) is 13.8. The average molecular weight is 441 g/mol. The van der Waals surface area contributed by atoms with Gasteiger partial charge in [-0.2, -0.15) is 13.2 Å². The molecule has 1 amide bonds. The fourth-order valence-corrected chi connectivity index (χ4v) is 3.68. The molecule has 0 bridgehead atoms. The number of nitrogens with one attached hydrogen (secondary N) is 2. The third-order valence-electron chi connectivity index (χ3n) is 3.95. The number of thioether (sulfide) groups is 1. The molecule has 3 rings (SSSR count). The van der Waals surface area contributed by atoms with Gasteiger partial charge in [0.1, 0.15) is 11.1 Å². The van der Waals surface area contributed by atoms with Crippen LogP contribution in [0.4, 0.5) is 18.9 Å². The zero-order valence-electron chi connectivity index (χ0n) is 15.1. The van der Waals surface area contributed by atoms with E-state index in [4.69, 9.17) is 11.6 Å². The molecule has 0 aliphatic heterocycles. The van der Waals surface area contributed by atoms with Crippen molar-refractivity contribution in [2.24, 2.45) is 0 Å². The van der Waals surface area contributed by atoms with E-state index in [2.05, 4.69) is 20.5 Å². The van der Waals surface area contributed by atoms with Crippen LogP contribution in [-0.2, 0) is 17.4 Å². The summed E-state index contributed by atoms with van der Waals surface area (Å²) >= 11 is 6.75. The van der Waals surface area contributed by atoms with Crippen LogP contribution in [-0.4, -0.2) is 21.1 Å². The van der Waals surface area contributed by atoms with Gasteiger partial charge in [0.25, 0.3) is 0 Å². The lowest BCUT2D eigenvalue weighted by Crippen LogP contribution is -2.19. The number of carbonyl (C=O) groups is 1. The van der Waals surface area contributed by atoms with Crippen LogP contribution >= 0.6 is 23.4 Å². The van der Waals surface area contributed by atoms with Crippen molar-refractivity contribution in [3.63, 3.8) is 0 Å². The van der Waals surface area contributed by atoms with Gasteiger partial charge in [-0.1, -0.05) is 60.6 Å². The molecule has 3 aromatic rings. The average Bonchev–Trinajstić information content (AvgIpc) is 3.15. The molecule has 0 saturated carbocycles. The maximum atomic E-state index is 13.1. The van der Waals surface area contributed by atoms with Gasteiger partial charge in [0.15, 0.2) is 0 Å². The van der Waals surface area contributed by atoms with E-state index >= 15 is 0 Å². The van der Waals surface area contributed by atoms with Crippen molar-refractivity contribution in [1.29, 1.82) is 0 Å². The molecule has 10 heteroatoms. The van der Waals surface area contributed by atoms with Gasteiger partial charge in [-0.15, -0.1) is 5.10 Å². The summed E-state index contributed by atoms with van der Waals surface area (Å²) in [6.07, 6.45) is -3.97. The Morgan fingerprint density at radius 2 is 1.97 bits per heavy atom.